The van der Waals surface area contributed by atoms with Gasteiger partial charge in [0.25, 0.3) is 0 Å². The van der Waals surface area contributed by atoms with Crippen LogP contribution in [0.2, 0.25) is 0 Å². The normalized spacial score (nSPS) is 12.6. The first-order valence-corrected chi connectivity index (χ1v) is 7.05. The van der Waals surface area contributed by atoms with Crippen molar-refractivity contribution in [2.75, 3.05) is 13.2 Å². The smallest absolute Gasteiger partial charge is 0.0528 e. The highest BCUT2D eigenvalue weighted by Gasteiger charge is 2.03. The molecule has 0 aromatic heterocycles. The summed E-state index contributed by atoms with van der Waals surface area (Å²) in [5.41, 5.74) is 0. The lowest BCUT2D eigenvalue weighted by Gasteiger charge is -2.11. The van der Waals surface area contributed by atoms with Crippen molar-refractivity contribution < 1.29 is 4.74 Å². The average Bonchev–Trinajstić information content (AvgIpc) is 2.32. The second-order valence-corrected chi connectivity index (χ2v) is 4.57. The first-order chi connectivity index (χ1) is 7.85. The minimum absolute atomic E-state index is 0.565. The van der Waals surface area contributed by atoms with Crippen LogP contribution in [0.5, 0.6) is 0 Å². The lowest BCUT2D eigenvalue weighted by Crippen LogP contribution is -2.06. The fraction of sp³-hybridized carbons (Fsp3) is 0.867. The van der Waals surface area contributed by atoms with Crippen molar-refractivity contribution in [2.45, 2.75) is 65.2 Å². The van der Waals surface area contributed by atoms with Gasteiger partial charge in [0.2, 0.25) is 0 Å². The molecule has 1 atom stereocenters. The van der Waals surface area contributed by atoms with Gasteiger partial charge in [-0.15, -0.1) is 6.58 Å². The van der Waals surface area contributed by atoms with Crippen LogP contribution in [0.15, 0.2) is 12.7 Å². The van der Waals surface area contributed by atoms with Crippen LogP contribution in [0, 0.1) is 5.92 Å². The highest BCUT2D eigenvalue weighted by atomic mass is 16.5. The van der Waals surface area contributed by atoms with E-state index in [1.807, 2.05) is 13.0 Å². The van der Waals surface area contributed by atoms with Gasteiger partial charge in [-0.25, -0.2) is 0 Å². The van der Waals surface area contributed by atoms with Crippen molar-refractivity contribution >= 4 is 0 Å². The third kappa shape index (κ3) is 10.2. The van der Waals surface area contributed by atoms with Gasteiger partial charge in [-0.3, -0.25) is 0 Å². The molecule has 0 heterocycles. The molecule has 0 aliphatic rings. The maximum atomic E-state index is 5.43. The van der Waals surface area contributed by atoms with Gasteiger partial charge >= 0.3 is 0 Å². The van der Waals surface area contributed by atoms with E-state index in [0.717, 1.165) is 13.2 Å². The Labute approximate surface area is 102 Å². The topological polar surface area (TPSA) is 9.23 Å². The van der Waals surface area contributed by atoms with Gasteiger partial charge in [-0.05, 0) is 19.3 Å². The Balaban J connectivity index is 3.24. The zero-order valence-corrected chi connectivity index (χ0v) is 11.3. The van der Waals surface area contributed by atoms with Crippen LogP contribution in [-0.4, -0.2) is 13.2 Å². The molecule has 0 amide bonds. The molecule has 0 aliphatic heterocycles. The first-order valence-electron chi connectivity index (χ1n) is 7.05. The summed E-state index contributed by atoms with van der Waals surface area (Å²) in [6.45, 7) is 9.87. The van der Waals surface area contributed by atoms with Gasteiger partial charge in [0, 0.05) is 6.61 Å². The van der Waals surface area contributed by atoms with Crippen LogP contribution >= 0.6 is 0 Å². The molecule has 0 saturated heterocycles. The van der Waals surface area contributed by atoms with Crippen molar-refractivity contribution in [2.24, 2.45) is 5.92 Å². The van der Waals surface area contributed by atoms with E-state index in [2.05, 4.69) is 13.5 Å². The molecule has 0 aromatic carbocycles. The standard InChI is InChI=1S/C15H30O/c1-4-7-8-9-10-11-12-13-15(5-2)14-16-6-3/h5,15H,2,4,6-14H2,1,3H3. The summed E-state index contributed by atoms with van der Waals surface area (Å²) in [6, 6.07) is 0. The lowest BCUT2D eigenvalue weighted by atomic mass is 10.0. The van der Waals surface area contributed by atoms with Gasteiger partial charge in [0.05, 0.1) is 6.61 Å². The minimum Gasteiger partial charge on any atom is -0.381 e. The molecule has 0 fully saturated rings. The van der Waals surface area contributed by atoms with Crippen molar-refractivity contribution in [3.63, 3.8) is 0 Å². The Kier molecular flexibility index (Phi) is 12.5. The first kappa shape index (κ1) is 15.7. The summed E-state index contributed by atoms with van der Waals surface area (Å²) < 4.78 is 5.43. The molecule has 0 bridgehead atoms. The van der Waals surface area contributed by atoms with Crippen molar-refractivity contribution in [3.8, 4) is 0 Å². The molecule has 0 rings (SSSR count). The van der Waals surface area contributed by atoms with Crippen LogP contribution in [-0.2, 0) is 4.74 Å². The zero-order valence-electron chi connectivity index (χ0n) is 11.3. The molecule has 0 N–H and O–H groups in total. The van der Waals surface area contributed by atoms with Crippen LogP contribution in [0.3, 0.4) is 0 Å². The minimum atomic E-state index is 0.565. The van der Waals surface area contributed by atoms with Crippen LogP contribution < -0.4 is 0 Å². The molecule has 1 unspecified atom stereocenters. The Bertz CT molecular complexity index is 142. The fourth-order valence-corrected chi connectivity index (χ4v) is 1.90. The Morgan fingerprint density at radius 2 is 1.62 bits per heavy atom. The second kappa shape index (κ2) is 12.8. The highest BCUT2D eigenvalue weighted by Crippen LogP contribution is 2.13. The van der Waals surface area contributed by atoms with Gasteiger partial charge < -0.3 is 4.74 Å². The molecule has 1 heteroatoms. The third-order valence-electron chi connectivity index (χ3n) is 3.05. The summed E-state index contributed by atoms with van der Waals surface area (Å²) in [5.74, 6) is 0.565. The summed E-state index contributed by atoms with van der Waals surface area (Å²) in [4.78, 5) is 0. The predicted octanol–water partition coefficient (Wildman–Crippen LogP) is 4.97. The molecule has 0 radical (unpaired) electrons. The maximum Gasteiger partial charge on any atom is 0.0528 e. The summed E-state index contributed by atoms with van der Waals surface area (Å²) in [5, 5.41) is 0. The third-order valence-corrected chi connectivity index (χ3v) is 3.05. The monoisotopic (exact) mass is 226 g/mol. The van der Waals surface area contributed by atoms with E-state index in [4.69, 9.17) is 4.74 Å². The summed E-state index contributed by atoms with van der Waals surface area (Å²) >= 11 is 0. The molecule has 0 spiro atoms. The van der Waals surface area contributed by atoms with Crippen molar-refractivity contribution in [1.82, 2.24) is 0 Å². The summed E-state index contributed by atoms with van der Waals surface area (Å²) in [7, 11) is 0. The number of rotatable bonds is 12. The van der Waals surface area contributed by atoms with E-state index in [1.54, 1.807) is 0 Å². The molecule has 0 saturated carbocycles. The number of unbranched alkanes of at least 4 members (excludes halogenated alkanes) is 6. The van der Waals surface area contributed by atoms with E-state index in [0.29, 0.717) is 5.92 Å². The maximum absolute atomic E-state index is 5.43. The molecule has 1 nitrogen and oxygen atoms in total. The molecule has 0 aromatic rings. The van der Waals surface area contributed by atoms with E-state index in [9.17, 15) is 0 Å². The highest BCUT2D eigenvalue weighted by molar-refractivity contribution is 4.78. The van der Waals surface area contributed by atoms with E-state index in [-0.39, 0.29) is 0 Å². The van der Waals surface area contributed by atoms with Gasteiger partial charge in [-0.2, -0.15) is 0 Å². The van der Waals surface area contributed by atoms with Crippen molar-refractivity contribution in [1.29, 1.82) is 0 Å². The SMILES string of the molecule is C=CC(CCCCCCCCC)COCC. The van der Waals surface area contributed by atoms with E-state index in [1.165, 1.54) is 51.4 Å². The largest absolute Gasteiger partial charge is 0.381 e. The summed E-state index contributed by atoms with van der Waals surface area (Å²) in [6.07, 6.45) is 13.0. The Hall–Kier alpha value is -0.300. The fourth-order valence-electron chi connectivity index (χ4n) is 1.90. The molecule has 16 heavy (non-hydrogen) atoms. The molecular weight excluding hydrogens is 196 g/mol. The Morgan fingerprint density at radius 1 is 1.00 bits per heavy atom. The van der Waals surface area contributed by atoms with E-state index >= 15 is 0 Å². The number of hydrogen-bond acceptors (Lipinski definition) is 1. The average molecular weight is 226 g/mol. The Morgan fingerprint density at radius 3 is 2.19 bits per heavy atom. The van der Waals surface area contributed by atoms with Crippen LogP contribution in [0.1, 0.15) is 65.2 Å². The van der Waals surface area contributed by atoms with E-state index < -0.39 is 0 Å². The molecular formula is C15H30O. The van der Waals surface area contributed by atoms with Crippen LogP contribution in [0.25, 0.3) is 0 Å². The van der Waals surface area contributed by atoms with Gasteiger partial charge in [0.1, 0.15) is 0 Å². The second-order valence-electron chi connectivity index (χ2n) is 4.57. The number of ether oxygens (including phenoxy) is 1. The van der Waals surface area contributed by atoms with Crippen LogP contribution in [0.4, 0.5) is 0 Å². The lowest BCUT2D eigenvalue weighted by molar-refractivity contribution is 0.121. The van der Waals surface area contributed by atoms with Crippen molar-refractivity contribution in [3.05, 3.63) is 12.7 Å². The zero-order chi connectivity index (χ0) is 12.1. The van der Waals surface area contributed by atoms with Gasteiger partial charge in [-0.1, -0.05) is 57.9 Å². The molecule has 0 aliphatic carbocycles. The quantitative estimate of drug-likeness (QED) is 0.337. The molecule has 96 valence electrons. The number of hydrogen-bond donors (Lipinski definition) is 0. The van der Waals surface area contributed by atoms with Gasteiger partial charge in [0.15, 0.2) is 0 Å². The predicted molar refractivity (Wildman–Crippen MR) is 72.8 cm³/mol.